The number of hydrogen-bond donors (Lipinski definition) is 0. The Balaban J connectivity index is 0.000000164. The van der Waals surface area contributed by atoms with Crippen molar-refractivity contribution in [2.75, 3.05) is 66.8 Å². The molecule has 7 heterocycles. The molecule has 0 radical (unpaired) electrons. The van der Waals surface area contributed by atoms with Crippen LogP contribution in [0.15, 0.2) is 127 Å². The highest BCUT2D eigenvalue weighted by Crippen LogP contribution is 2.36. The quantitative estimate of drug-likeness (QED) is 0.0733. The molecule has 3 aliphatic heterocycles. The van der Waals surface area contributed by atoms with Gasteiger partial charge in [0.15, 0.2) is 0 Å². The van der Waals surface area contributed by atoms with E-state index in [4.69, 9.17) is 37.7 Å². The zero-order valence-corrected chi connectivity index (χ0v) is 43.0. The van der Waals surface area contributed by atoms with Crippen molar-refractivity contribution in [1.82, 2.24) is 39.7 Å². The fourth-order valence-electron chi connectivity index (χ4n) is 7.19. The maximum atomic E-state index is 12.3. The Morgan fingerprint density at radius 2 is 1.14 bits per heavy atom. The Kier molecular flexibility index (Phi) is 19.0. The number of rotatable bonds is 18. The molecule has 4 aromatic heterocycles. The Hall–Kier alpha value is -6.58. The van der Waals surface area contributed by atoms with E-state index in [1.54, 1.807) is 67.0 Å². The predicted molar refractivity (Wildman–Crippen MR) is 272 cm³/mol. The van der Waals surface area contributed by atoms with E-state index in [-0.39, 0.29) is 48.8 Å². The van der Waals surface area contributed by atoms with Gasteiger partial charge in [0.2, 0.25) is 23.6 Å². The first-order valence-corrected chi connectivity index (χ1v) is 24.3. The van der Waals surface area contributed by atoms with E-state index in [9.17, 15) is 9.59 Å². The summed E-state index contributed by atoms with van der Waals surface area (Å²) in [6, 6.07) is 26.6. The van der Waals surface area contributed by atoms with Crippen LogP contribution in [0.1, 0.15) is 39.1 Å². The van der Waals surface area contributed by atoms with E-state index in [1.807, 2.05) is 94.4 Å². The van der Waals surface area contributed by atoms with E-state index < -0.39 is 0 Å². The summed E-state index contributed by atoms with van der Waals surface area (Å²) in [5, 5.41) is 0. The lowest BCUT2D eigenvalue weighted by Gasteiger charge is -2.38. The number of carbonyl (C=O) groups is 2. The second-order valence-corrected chi connectivity index (χ2v) is 18.8. The number of amides is 2. The molecule has 0 bridgehead atoms. The summed E-state index contributed by atoms with van der Waals surface area (Å²) in [4.78, 5) is 52.2. The van der Waals surface area contributed by atoms with Crippen molar-refractivity contribution in [2.24, 2.45) is 0 Å². The lowest BCUT2D eigenvalue weighted by molar-refractivity contribution is -0.140. The molecule has 0 spiro atoms. The van der Waals surface area contributed by atoms with Gasteiger partial charge in [0.1, 0.15) is 49.6 Å². The smallest absolute Gasteiger partial charge is 0.491 e. The van der Waals surface area contributed by atoms with Gasteiger partial charge in [-0.25, -0.2) is 29.9 Å². The number of pyridine rings is 2. The summed E-state index contributed by atoms with van der Waals surface area (Å²) < 4.78 is 45.8. The Bertz CT molecular complexity index is 2610. The van der Waals surface area contributed by atoms with Gasteiger partial charge in [-0.3, -0.25) is 9.59 Å². The molecule has 0 unspecified atom stereocenters. The van der Waals surface area contributed by atoms with E-state index in [2.05, 4.69) is 45.8 Å². The molecule has 3 fully saturated rings. The average Bonchev–Trinajstić information content (AvgIpc) is 3.58. The van der Waals surface area contributed by atoms with Crippen molar-refractivity contribution in [3.63, 3.8) is 0 Å². The number of benzene rings is 2. The van der Waals surface area contributed by atoms with Gasteiger partial charge in [-0.2, -0.15) is 0 Å². The number of methoxy groups -OCH3 is 2. The van der Waals surface area contributed by atoms with Gasteiger partial charge in [-0.15, -0.1) is 0 Å². The topological polar surface area (TPSA) is 192 Å². The zero-order chi connectivity index (χ0) is 50.9. The first-order valence-electron chi connectivity index (χ1n) is 23.5. The summed E-state index contributed by atoms with van der Waals surface area (Å²) in [6.07, 6.45) is 10.2. The van der Waals surface area contributed by atoms with Gasteiger partial charge in [0, 0.05) is 61.2 Å². The van der Waals surface area contributed by atoms with Crippen molar-refractivity contribution in [2.45, 2.75) is 63.9 Å². The van der Waals surface area contributed by atoms with Gasteiger partial charge in [0.05, 0.1) is 74.8 Å². The minimum atomic E-state index is -0.356. The first-order chi connectivity index (χ1) is 34.8. The number of likely N-dealkylation sites (tertiary alicyclic amines) is 2. The van der Waals surface area contributed by atoms with Gasteiger partial charge in [-0.05, 0) is 103 Å². The number of ether oxygens (including phenoxy) is 6. The van der Waals surface area contributed by atoms with E-state index in [0.29, 0.717) is 70.8 Å². The van der Waals surface area contributed by atoms with E-state index >= 15 is 0 Å². The van der Waals surface area contributed by atoms with Crippen LogP contribution in [-0.2, 0) is 41.2 Å². The van der Waals surface area contributed by atoms with E-state index in [0.717, 1.165) is 43.9 Å². The third-order valence-corrected chi connectivity index (χ3v) is 12.5. The first kappa shape index (κ1) is 53.2. The standard InChI is InChI=1S/C23H24N4O4.C15H23BO4.C14H13BrN4O2/c1-29-9-10-30-20-4-2-3-17(11-20)18-5-6-22(25-13-18)31-21-14-27(15-21)23(28)12-19-7-8-24-16-26-19;1-14(2)15(3,4)20-16(19-14)12-7-6-8-13(11-12)18-10-9-17-5;15-10-1-2-13(17-6-10)21-12-7-19(8-12)14(20)5-11-3-4-16-9-18-11/h2-8,11,13,16,21H,9-10,12,14-15H2,1H3;6-8,11H,9-10H2,1-5H3;1-4,6,9,12H,5,7-8H2. The molecule has 3 saturated heterocycles. The second-order valence-electron chi connectivity index (χ2n) is 17.9. The van der Waals surface area contributed by atoms with Crippen LogP contribution in [0.2, 0.25) is 0 Å². The molecular formula is C52H60BBrN8O10. The number of halogens is 1. The van der Waals surface area contributed by atoms with E-state index in [1.165, 1.54) is 12.7 Å². The summed E-state index contributed by atoms with van der Waals surface area (Å²) in [7, 11) is 2.95. The summed E-state index contributed by atoms with van der Waals surface area (Å²) in [5.41, 5.74) is 3.75. The number of hydrogen-bond acceptors (Lipinski definition) is 16. The Morgan fingerprint density at radius 3 is 1.61 bits per heavy atom. The number of aromatic nitrogens is 6. The third kappa shape index (κ3) is 15.5. The summed E-state index contributed by atoms with van der Waals surface area (Å²) in [6.45, 7) is 12.6. The molecule has 18 nitrogen and oxygen atoms in total. The normalized spacial score (nSPS) is 15.7. The summed E-state index contributed by atoms with van der Waals surface area (Å²) in [5.74, 6) is 2.80. The van der Waals surface area contributed by atoms with Gasteiger partial charge >= 0.3 is 7.12 Å². The fraction of sp³-hybridized carbons (Fsp3) is 0.385. The third-order valence-electron chi connectivity index (χ3n) is 12.0. The number of nitrogens with zero attached hydrogens (tertiary/aromatic N) is 8. The van der Waals surface area contributed by atoms with Crippen LogP contribution in [0.5, 0.6) is 23.3 Å². The average molecular weight is 1050 g/mol. The van der Waals surface area contributed by atoms with Gasteiger partial charge < -0.3 is 47.5 Å². The molecule has 0 atom stereocenters. The SMILES string of the molecule is COCCOc1cccc(-c2ccc(OC3CN(C(=O)Cc4ccncn4)C3)nc2)c1.COCCOc1cccc(B2OC(C)(C)C(C)(C)O2)c1.O=C(Cc1ccncn1)N1CC(Oc2ccc(Br)cn2)C1. The lowest BCUT2D eigenvalue weighted by atomic mass is 9.79. The molecule has 2 aromatic carbocycles. The minimum Gasteiger partial charge on any atom is -0.491 e. The van der Waals surface area contributed by atoms with Crippen LogP contribution in [0.25, 0.3) is 11.1 Å². The molecule has 72 heavy (non-hydrogen) atoms. The van der Waals surface area contributed by atoms with Crippen molar-refractivity contribution >= 4 is 40.3 Å². The lowest BCUT2D eigenvalue weighted by Crippen LogP contribution is -2.56. The van der Waals surface area contributed by atoms with Crippen LogP contribution in [0, 0.1) is 0 Å². The monoisotopic (exact) mass is 1050 g/mol. The second kappa shape index (κ2) is 25.7. The largest absolute Gasteiger partial charge is 0.494 e. The Labute approximate surface area is 429 Å². The van der Waals surface area contributed by atoms with Gasteiger partial charge in [-0.1, -0.05) is 24.3 Å². The molecule has 9 rings (SSSR count). The molecule has 0 N–H and O–H groups in total. The molecule has 0 saturated carbocycles. The maximum Gasteiger partial charge on any atom is 0.494 e. The minimum absolute atomic E-state index is 0.00743. The highest BCUT2D eigenvalue weighted by molar-refractivity contribution is 9.10. The van der Waals surface area contributed by atoms with Gasteiger partial charge in [0.25, 0.3) is 0 Å². The molecule has 0 aliphatic carbocycles. The molecule has 378 valence electrons. The summed E-state index contributed by atoms with van der Waals surface area (Å²) >= 11 is 3.32. The number of carbonyl (C=O) groups excluding carboxylic acids is 2. The van der Waals surface area contributed by atoms with Crippen molar-refractivity contribution < 1.29 is 47.3 Å². The van der Waals surface area contributed by atoms with Crippen LogP contribution in [0.4, 0.5) is 0 Å². The molecule has 20 heteroatoms. The van der Waals surface area contributed by atoms with Crippen LogP contribution in [0.3, 0.4) is 0 Å². The van der Waals surface area contributed by atoms with Crippen molar-refractivity contribution in [1.29, 1.82) is 0 Å². The van der Waals surface area contributed by atoms with Crippen LogP contribution >= 0.6 is 15.9 Å². The van der Waals surface area contributed by atoms with Crippen LogP contribution < -0.4 is 24.4 Å². The fourth-order valence-corrected chi connectivity index (χ4v) is 7.42. The maximum absolute atomic E-state index is 12.3. The molecule has 2 amide bonds. The van der Waals surface area contributed by atoms with Crippen LogP contribution in [-0.4, -0.2) is 149 Å². The molecule has 6 aromatic rings. The molecular weight excluding hydrogens is 987 g/mol. The van der Waals surface area contributed by atoms with Crippen molar-refractivity contribution in [3.8, 4) is 34.4 Å². The highest BCUT2D eigenvalue weighted by atomic mass is 79.9. The molecule has 3 aliphatic rings. The zero-order valence-electron chi connectivity index (χ0n) is 41.4. The predicted octanol–water partition coefficient (Wildman–Crippen LogP) is 5.87. The highest BCUT2D eigenvalue weighted by Gasteiger charge is 2.51. The van der Waals surface area contributed by atoms with Crippen molar-refractivity contribution in [3.05, 3.63) is 138 Å². The Morgan fingerprint density at radius 1 is 0.625 bits per heavy atom.